The molecule has 6 heteroatoms. The second-order valence-electron chi connectivity index (χ2n) is 6.56. The van der Waals surface area contributed by atoms with Crippen LogP contribution in [0, 0.1) is 20.8 Å². The van der Waals surface area contributed by atoms with Crippen LogP contribution < -0.4 is 20.3 Å². The molecule has 2 unspecified atom stereocenters. The molecule has 2 atom stereocenters. The third kappa shape index (κ3) is 6.02. The molecular weight excluding hydrogens is 344 g/mol. The summed E-state index contributed by atoms with van der Waals surface area (Å²) in [5, 5.41) is 0. The smallest absolute Gasteiger partial charge is 0.279 e. The summed E-state index contributed by atoms with van der Waals surface area (Å²) < 4.78 is 11.2. The Kier molecular flexibility index (Phi) is 6.82. The van der Waals surface area contributed by atoms with Gasteiger partial charge in [0, 0.05) is 0 Å². The van der Waals surface area contributed by atoms with E-state index in [0.717, 1.165) is 16.7 Å². The van der Waals surface area contributed by atoms with Crippen molar-refractivity contribution in [3.05, 3.63) is 59.2 Å². The number of rotatable bonds is 6. The second kappa shape index (κ2) is 9.07. The molecule has 0 spiro atoms. The molecule has 0 aliphatic rings. The van der Waals surface area contributed by atoms with E-state index in [0.29, 0.717) is 11.5 Å². The van der Waals surface area contributed by atoms with Crippen LogP contribution in [0.15, 0.2) is 42.5 Å². The first kappa shape index (κ1) is 20.3. The zero-order valence-corrected chi connectivity index (χ0v) is 16.3. The van der Waals surface area contributed by atoms with Crippen LogP contribution in [-0.2, 0) is 9.59 Å². The van der Waals surface area contributed by atoms with E-state index >= 15 is 0 Å². The summed E-state index contributed by atoms with van der Waals surface area (Å²) >= 11 is 0. The molecule has 0 aliphatic heterocycles. The summed E-state index contributed by atoms with van der Waals surface area (Å²) in [6.45, 7) is 9.14. The van der Waals surface area contributed by atoms with Crippen LogP contribution in [0.3, 0.4) is 0 Å². The van der Waals surface area contributed by atoms with Crippen molar-refractivity contribution in [3.63, 3.8) is 0 Å². The summed E-state index contributed by atoms with van der Waals surface area (Å²) in [5.41, 5.74) is 7.98. The van der Waals surface area contributed by atoms with Crippen LogP contribution in [0.1, 0.15) is 30.5 Å². The molecule has 2 aromatic carbocycles. The van der Waals surface area contributed by atoms with Crippen molar-refractivity contribution >= 4 is 11.8 Å². The Bertz CT molecular complexity index is 820. The Balaban J connectivity index is 1.82. The van der Waals surface area contributed by atoms with Crippen LogP contribution in [0.5, 0.6) is 11.5 Å². The van der Waals surface area contributed by atoms with Gasteiger partial charge < -0.3 is 9.47 Å². The summed E-state index contributed by atoms with van der Waals surface area (Å²) in [4.78, 5) is 24.2. The Morgan fingerprint density at radius 1 is 0.778 bits per heavy atom. The minimum Gasteiger partial charge on any atom is -0.481 e. The van der Waals surface area contributed by atoms with Gasteiger partial charge in [0.15, 0.2) is 12.2 Å². The van der Waals surface area contributed by atoms with Crippen LogP contribution in [0.2, 0.25) is 0 Å². The van der Waals surface area contributed by atoms with Crippen LogP contribution in [0.4, 0.5) is 0 Å². The first-order valence-electron chi connectivity index (χ1n) is 8.83. The highest BCUT2D eigenvalue weighted by Gasteiger charge is 2.19. The van der Waals surface area contributed by atoms with Crippen molar-refractivity contribution in [2.24, 2.45) is 0 Å². The number of aryl methyl sites for hydroxylation is 3. The fraction of sp³-hybridized carbons (Fsp3) is 0.333. The van der Waals surface area contributed by atoms with Crippen molar-refractivity contribution in [3.8, 4) is 11.5 Å². The number of nitrogens with one attached hydrogen (secondary N) is 2. The number of carbonyl (C=O) groups excluding carboxylic acids is 2. The van der Waals surface area contributed by atoms with Gasteiger partial charge in [-0.05, 0) is 75.6 Å². The predicted octanol–water partition coefficient (Wildman–Crippen LogP) is 2.99. The number of hydrogen-bond donors (Lipinski definition) is 2. The Hall–Kier alpha value is -3.02. The van der Waals surface area contributed by atoms with Gasteiger partial charge in [-0.15, -0.1) is 0 Å². The lowest BCUT2D eigenvalue weighted by Crippen LogP contribution is -2.50. The van der Waals surface area contributed by atoms with E-state index in [1.807, 2.05) is 57.2 Å². The number of hydrogen-bond acceptors (Lipinski definition) is 4. The number of benzene rings is 2. The lowest BCUT2D eigenvalue weighted by Gasteiger charge is -2.18. The minimum absolute atomic E-state index is 0.454. The van der Waals surface area contributed by atoms with Gasteiger partial charge in [-0.3, -0.25) is 20.4 Å². The second-order valence-corrected chi connectivity index (χ2v) is 6.56. The first-order chi connectivity index (χ1) is 12.8. The van der Waals surface area contributed by atoms with Crippen molar-refractivity contribution in [2.75, 3.05) is 0 Å². The number of hydrazine groups is 1. The standard InChI is InChI=1S/C21H26N2O4/c1-13-7-6-8-18(11-13)26-16(4)20(24)22-23-21(25)17(5)27-19-10-9-14(2)15(3)12-19/h6-12,16-17H,1-5H3,(H,22,24)(H,23,25). The number of ether oxygens (including phenoxy) is 2. The highest BCUT2D eigenvalue weighted by atomic mass is 16.5. The molecule has 2 amide bonds. The van der Waals surface area contributed by atoms with Crippen LogP contribution in [-0.4, -0.2) is 24.0 Å². The maximum atomic E-state index is 12.1. The summed E-state index contributed by atoms with van der Waals surface area (Å²) in [6.07, 6.45) is -1.52. The lowest BCUT2D eigenvalue weighted by atomic mass is 10.1. The molecule has 0 radical (unpaired) electrons. The summed E-state index contributed by atoms with van der Waals surface area (Å²) in [5.74, 6) is 0.284. The molecule has 0 aromatic heterocycles. The van der Waals surface area contributed by atoms with Crippen molar-refractivity contribution in [1.29, 1.82) is 0 Å². The Morgan fingerprint density at radius 3 is 1.85 bits per heavy atom. The van der Waals surface area contributed by atoms with E-state index in [4.69, 9.17) is 9.47 Å². The zero-order chi connectivity index (χ0) is 20.0. The van der Waals surface area contributed by atoms with Gasteiger partial charge in [-0.1, -0.05) is 18.2 Å². The zero-order valence-electron chi connectivity index (χ0n) is 16.3. The SMILES string of the molecule is Cc1cccc(OC(C)C(=O)NNC(=O)C(C)Oc2ccc(C)c(C)c2)c1. The van der Waals surface area contributed by atoms with E-state index in [2.05, 4.69) is 10.9 Å². The fourth-order valence-corrected chi connectivity index (χ4v) is 2.32. The number of amides is 2. The van der Waals surface area contributed by atoms with Gasteiger partial charge >= 0.3 is 0 Å². The quantitative estimate of drug-likeness (QED) is 0.767. The van der Waals surface area contributed by atoms with Gasteiger partial charge in [-0.25, -0.2) is 0 Å². The topological polar surface area (TPSA) is 76.7 Å². The third-order valence-electron chi connectivity index (χ3n) is 4.14. The molecule has 0 fully saturated rings. The third-order valence-corrected chi connectivity index (χ3v) is 4.14. The van der Waals surface area contributed by atoms with E-state index in [1.54, 1.807) is 19.9 Å². The maximum Gasteiger partial charge on any atom is 0.279 e. The predicted molar refractivity (Wildman–Crippen MR) is 104 cm³/mol. The lowest BCUT2D eigenvalue weighted by molar-refractivity contribution is -0.135. The van der Waals surface area contributed by atoms with Crippen LogP contribution >= 0.6 is 0 Å². The first-order valence-corrected chi connectivity index (χ1v) is 8.83. The van der Waals surface area contributed by atoms with Gasteiger partial charge in [0.05, 0.1) is 0 Å². The normalized spacial score (nSPS) is 12.6. The largest absolute Gasteiger partial charge is 0.481 e. The van der Waals surface area contributed by atoms with E-state index in [-0.39, 0.29) is 0 Å². The molecule has 0 heterocycles. The van der Waals surface area contributed by atoms with Gasteiger partial charge in [0.25, 0.3) is 11.8 Å². The van der Waals surface area contributed by atoms with E-state index in [9.17, 15) is 9.59 Å². The monoisotopic (exact) mass is 370 g/mol. The molecule has 2 N–H and O–H groups in total. The van der Waals surface area contributed by atoms with Gasteiger partial charge in [0.2, 0.25) is 0 Å². The van der Waals surface area contributed by atoms with Crippen LogP contribution in [0.25, 0.3) is 0 Å². The van der Waals surface area contributed by atoms with E-state index in [1.165, 1.54) is 0 Å². The average molecular weight is 370 g/mol. The van der Waals surface area contributed by atoms with Crippen molar-refractivity contribution < 1.29 is 19.1 Å². The van der Waals surface area contributed by atoms with Gasteiger partial charge in [-0.2, -0.15) is 0 Å². The highest BCUT2D eigenvalue weighted by Crippen LogP contribution is 2.17. The maximum absolute atomic E-state index is 12.1. The number of carbonyl (C=O) groups is 2. The molecule has 2 aromatic rings. The summed E-state index contributed by atoms with van der Waals surface area (Å²) in [6, 6.07) is 13.0. The molecule has 0 saturated heterocycles. The minimum atomic E-state index is -0.764. The molecule has 0 bridgehead atoms. The Morgan fingerprint density at radius 2 is 1.33 bits per heavy atom. The van der Waals surface area contributed by atoms with Crippen molar-refractivity contribution in [1.82, 2.24) is 10.9 Å². The highest BCUT2D eigenvalue weighted by molar-refractivity contribution is 5.86. The molecule has 6 nitrogen and oxygen atoms in total. The van der Waals surface area contributed by atoms with Gasteiger partial charge in [0.1, 0.15) is 11.5 Å². The molecule has 0 aliphatic carbocycles. The summed E-state index contributed by atoms with van der Waals surface area (Å²) in [7, 11) is 0. The fourth-order valence-electron chi connectivity index (χ4n) is 2.32. The van der Waals surface area contributed by atoms with E-state index < -0.39 is 24.0 Å². The van der Waals surface area contributed by atoms with Crippen molar-refractivity contribution in [2.45, 2.75) is 46.8 Å². The molecule has 27 heavy (non-hydrogen) atoms. The Labute approximate surface area is 159 Å². The average Bonchev–Trinajstić information content (AvgIpc) is 2.62. The molecular formula is C21H26N2O4. The molecule has 0 saturated carbocycles. The molecule has 144 valence electrons. The molecule has 2 rings (SSSR count).